The van der Waals surface area contributed by atoms with Crippen molar-refractivity contribution in [1.29, 1.82) is 0 Å². The van der Waals surface area contributed by atoms with E-state index in [1.807, 2.05) is 4.90 Å². The smallest absolute Gasteiger partial charge is 0.406 e. The third-order valence-corrected chi connectivity index (χ3v) is 6.99. The number of alkyl halides is 3. The number of fused-ring (bicyclic) bond motifs is 3. The Morgan fingerprint density at radius 2 is 1.85 bits per heavy atom. The minimum absolute atomic E-state index is 0.0468. The molecule has 0 saturated heterocycles. The third kappa shape index (κ3) is 6.64. The summed E-state index contributed by atoms with van der Waals surface area (Å²) in [5.74, 6) is -2.03. The number of hydrogen-bond acceptors (Lipinski definition) is 4. The van der Waals surface area contributed by atoms with Crippen molar-refractivity contribution in [2.75, 3.05) is 13.1 Å². The number of amides is 1. The first-order chi connectivity index (χ1) is 19.5. The van der Waals surface area contributed by atoms with Crippen LogP contribution in [0.2, 0.25) is 10.2 Å². The lowest BCUT2D eigenvalue weighted by molar-refractivity contribution is -0.274. The number of benzene rings is 2. The van der Waals surface area contributed by atoms with Gasteiger partial charge in [0.05, 0.1) is 5.52 Å². The van der Waals surface area contributed by atoms with Gasteiger partial charge in [0.15, 0.2) is 0 Å². The molecule has 13 heteroatoms. The maximum absolute atomic E-state index is 14.1. The second-order valence-electron chi connectivity index (χ2n) is 9.30. The van der Waals surface area contributed by atoms with Crippen molar-refractivity contribution in [3.05, 3.63) is 98.9 Å². The Bertz CT molecular complexity index is 1630. The van der Waals surface area contributed by atoms with E-state index in [9.17, 15) is 26.7 Å². The normalized spacial score (nSPS) is 14.0. The lowest BCUT2D eigenvalue weighted by atomic mass is 10.0. The second kappa shape index (κ2) is 11.7. The van der Waals surface area contributed by atoms with Gasteiger partial charge in [-0.3, -0.25) is 9.47 Å². The summed E-state index contributed by atoms with van der Waals surface area (Å²) in [4.78, 5) is 19.3. The molecule has 0 radical (unpaired) electrons. The molecular weight excluding hydrogens is 590 g/mol. The quantitative estimate of drug-likeness (QED) is 0.183. The lowest BCUT2D eigenvalue weighted by Gasteiger charge is -2.27. The van der Waals surface area contributed by atoms with Crippen molar-refractivity contribution in [3.63, 3.8) is 0 Å². The third-order valence-electron chi connectivity index (χ3n) is 6.56. The first-order valence-electron chi connectivity index (χ1n) is 12.3. The molecule has 2 aromatic carbocycles. The van der Waals surface area contributed by atoms with Crippen LogP contribution in [0.1, 0.15) is 22.4 Å². The number of pyridine rings is 1. The van der Waals surface area contributed by atoms with Crippen LogP contribution in [-0.4, -0.2) is 39.9 Å². The predicted octanol–water partition coefficient (Wildman–Crippen LogP) is 7.35. The van der Waals surface area contributed by atoms with Crippen LogP contribution in [0.5, 0.6) is 5.75 Å². The summed E-state index contributed by atoms with van der Waals surface area (Å²) in [7, 11) is 0. The van der Waals surface area contributed by atoms with Gasteiger partial charge < -0.3 is 10.1 Å². The minimum atomic E-state index is -4.90. The molecule has 0 saturated carbocycles. The Morgan fingerprint density at radius 3 is 2.56 bits per heavy atom. The van der Waals surface area contributed by atoms with Gasteiger partial charge in [0, 0.05) is 66.5 Å². The van der Waals surface area contributed by atoms with Gasteiger partial charge in [-0.15, -0.1) is 13.2 Å². The number of hydrogen-bond donors (Lipinski definition) is 1. The molecule has 0 fully saturated rings. The Morgan fingerprint density at radius 1 is 1.10 bits per heavy atom. The number of aromatic nitrogens is 2. The van der Waals surface area contributed by atoms with E-state index in [0.717, 1.165) is 17.7 Å². The zero-order valence-corrected chi connectivity index (χ0v) is 22.6. The van der Waals surface area contributed by atoms with E-state index >= 15 is 0 Å². The van der Waals surface area contributed by atoms with Crippen LogP contribution in [0, 0.1) is 11.6 Å². The Labute approximate surface area is 240 Å². The average Bonchev–Trinajstić information content (AvgIpc) is 3.21. The van der Waals surface area contributed by atoms with Gasteiger partial charge in [-0.05, 0) is 47.5 Å². The summed E-state index contributed by atoms with van der Waals surface area (Å²) < 4.78 is 72.6. The Balaban J connectivity index is 1.43. The second-order valence-corrected chi connectivity index (χ2v) is 10.1. The number of ether oxygens (including phenoxy) is 1. The van der Waals surface area contributed by atoms with Gasteiger partial charge in [0.25, 0.3) is 0 Å². The maximum Gasteiger partial charge on any atom is 0.573 e. The molecular formula is C28H21Cl2F5N4O2. The van der Waals surface area contributed by atoms with Crippen molar-refractivity contribution < 1.29 is 31.5 Å². The van der Waals surface area contributed by atoms with Crippen molar-refractivity contribution in [2.45, 2.75) is 25.9 Å². The number of carbonyl (C=O) groups is 1. The molecule has 2 aromatic heterocycles. The monoisotopic (exact) mass is 610 g/mol. The van der Waals surface area contributed by atoms with Crippen LogP contribution in [0.15, 0.2) is 54.7 Å². The summed E-state index contributed by atoms with van der Waals surface area (Å²) in [6, 6.07) is 8.65. The van der Waals surface area contributed by atoms with Crippen LogP contribution in [0.25, 0.3) is 17.0 Å². The van der Waals surface area contributed by atoms with Gasteiger partial charge in [-0.1, -0.05) is 35.4 Å². The fraction of sp³-hybridized carbons (Fsp3) is 0.214. The minimum Gasteiger partial charge on any atom is -0.406 e. The molecule has 0 atom stereocenters. The molecule has 1 aliphatic rings. The highest BCUT2D eigenvalue weighted by atomic mass is 35.5. The standard InChI is InChI=1S/C28H21Cl2F5N4O2/c29-17-11-22(31)20(23(32)12-17)2-1-8-38-9-6-24-21(15-38)19-4-3-18(41-28(33,34)35)13-25(19)39(24)27(40)37-14-16-5-7-36-26(30)10-16/h1-5,7,10-13H,6,8-9,14-15H2,(H,37,40)/b2-1+. The largest absolute Gasteiger partial charge is 0.573 e. The SMILES string of the molecule is O=C(NCc1ccnc(Cl)c1)n1c2c(c3ccc(OC(F)(F)F)cc31)CN(C/C=C/c1c(F)cc(Cl)cc1F)CC2. The predicted molar refractivity (Wildman–Crippen MR) is 145 cm³/mol. The van der Waals surface area contributed by atoms with Gasteiger partial charge in [-0.25, -0.2) is 18.6 Å². The fourth-order valence-electron chi connectivity index (χ4n) is 4.82. The van der Waals surface area contributed by atoms with Crippen LogP contribution in [0.3, 0.4) is 0 Å². The molecule has 0 spiro atoms. The molecule has 3 heterocycles. The molecule has 0 unspecified atom stereocenters. The van der Waals surface area contributed by atoms with E-state index in [2.05, 4.69) is 15.0 Å². The van der Waals surface area contributed by atoms with E-state index in [4.69, 9.17) is 23.2 Å². The zero-order valence-electron chi connectivity index (χ0n) is 21.1. The van der Waals surface area contributed by atoms with Gasteiger partial charge in [-0.2, -0.15) is 0 Å². The van der Waals surface area contributed by atoms with E-state index in [-0.39, 0.29) is 27.8 Å². The highest BCUT2D eigenvalue weighted by molar-refractivity contribution is 6.30. The lowest BCUT2D eigenvalue weighted by Crippen LogP contribution is -2.34. The van der Waals surface area contributed by atoms with Crippen molar-refractivity contribution in [1.82, 2.24) is 19.8 Å². The number of nitrogens with zero attached hydrogens (tertiary/aromatic N) is 3. The van der Waals surface area contributed by atoms with E-state index in [1.165, 1.54) is 35.0 Å². The maximum atomic E-state index is 14.1. The molecule has 5 rings (SSSR count). The average molecular weight is 611 g/mol. The Hall–Kier alpha value is -3.67. The molecule has 0 aliphatic carbocycles. The first kappa shape index (κ1) is 28.8. The van der Waals surface area contributed by atoms with Crippen LogP contribution in [-0.2, 0) is 19.5 Å². The van der Waals surface area contributed by atoms with Gasteiger partial charge in [0.2, 0.25) is 0 Å². The Kier molecular flexibility index (Phi) is 8.21. The van der Waals surface area contributed by atoms with Gasteiger partial charge in [0.1, 0.15) is 22.5 Å². The van der Waals surface area contributed by atoms with E-state index in [1.54, 1.807) is 18.2 Å². The molecule has 41 heavy (non-hydrogen) atoms. The summed E-state index contributed by atoms with van der Waals surface area (Å²) in [5, 5.41) is 3.58. The summed E-state index contributed by atoms with van der Waals surface area (Å²) >= 11 is 11.6. The molecule has 1 N–H and O–H groups in total. The zero-order chi connectivity index (χ0) is 29.3. The highest BCUT2D eigenvalue weighted by Crippen LogP contribution is 2.34. The molecule has 1 aliphatic heterocycles. The summed E-state index contributed by atoms with van der Waals surface area (Å²) in [6.45, 7) is 1.28. The number of halogens is 7. The van der Waals surface area contributed by atoms with E-state index < -0.39 is 29.8 Å². The topological polar surface area (TPSA) is 59.4 Å². The molecule has 214 valence electrons. The first-order valence-corrected chi connectivity index (χ1v) is 13.1. The number of rotatable bonds is 6. The molecule has 6 nitrogen and oxygen atoms in total. The fourth-order valence-corrected chi connectivity index (χ4v) is 5.21. The van der Waals surface area contributed by atoms with Crippen molar-refractivity contribution in [3.8, 4) is 5.75 Å². The van der Waals surface area contributed by atoms with Crippen molar-refractivity contribution in [2.24, 2.45) is 0 Å². The van der Waals surface area contributed by atoms with Crippen molar-refractivity contribution >= 4 is 46.2 Å². The molecule has 4 aromatic rings. The number of carbonyl (C=O) groups excluding carboxylic acids is 1. The summed E-state index contributed by atoms with van der Waals surface area (Å²) in [5.41, 5.74) is 2.13. The van der Waals surface area contributed by atoms with E-state index in [0.29, 0.717) is 42.7 Å². The molecule has 1 amide bonds. The number of nitrogens with one attached hydrogen (secondary N) is 1. The van der Waals surface area contributed by atoms with Gasteiger partial charge >= 0.3 is 12.4 Å². The van der Waals surface area contributed by atoms with Crippen LogP contribution >= 0.6 is 23.2 Å². The summed E-state index contributed by atoms with van der Waals surface area (Å²) in [6.07, 6.45) is -0.0672. The van der Waals surface area contributed by atoms with Crippen LogP contribution in [0.4, 0.5) is 26.7 Å². The highest BCUT2D eigenvalue weighted by Gasteiger charge is 2.32. The van der Waals surface area contributed by atoms with Crippen LogP contribution < -0.4 is 10.1 Å². The molecule has 0 bridgehead atoms.